The molecule has 15 heavy (non-hydrogen) atoms. The number of ether oxygens (including phenoxy) is 1. The average molecular weight is 244 g/mol. The van der Waals surface area contributed by atoms with Crippen LogP contribution in [0.5, 0.6) is 5.75 Å². The van der Waals surface area contributed by atoms with E-state index in [4.69, 9.17) is 22.1 Å². The molecule has 1 atom stereocenters. The van der Waals surface area contributed by atoms with Crippen LogP contribution in [-0.4, -0.2) is 12.9 Å². The number of hydrogen-bond donors (Lipinski definition) is 1. The van der Waals surface area contributed by atoms with Gasteiger partial charge < -0.3 is 10.5 Å². The molecular weight excluding hydrogens is 230 g/mol. The topological polar surface area (TPSA) is 35.2 Å². The van der Waals surface area contributed by atoms with Crippen molar-refractivity contribution in [3.8, 4) is 5.75 Å². The molecule has 0 amide bonds. The summed E-state index contributed by atoms with van der Waals surface area (Å²) in [5, 5.41) is 0.765. The Hall–Kier alpha value is -0.380. The largest absolute Gasteiger partial charge is 0.496 e. The normalized spacial score (nSPS) is 20.6. The van der Waals surface area contributed by atoms with Crippen molar-refractivity contribution in [3.63, 3.8) is 0 Å². The van der Waals surface area contributed by atoms with Crippen molar-refractivity contribution in [3.05, 3.63) is 28.3 Å². The highest BCUT2D eigenvalue weighted by atomic mass is 35.5. The number of fused-ring (bicyclic) bond motifs is 1. The van der Waals surface area contributed by atoms with Crippen LogP contribution in [0.4, 0.5) is 0 Å². The second kappa shape index (κ2) is 4.64. The zero-order valence-corrected chi connectivity index (χ0v) is 10.2. The lowest BCUT2D eigenvalue weighted by atomic mass is 9.99. The van der Waals surface area contributed by atoms with Gasteiger partial charge in [0.1, 0.15) is 5.75 Å². The third-order valence-corrected chi connectivity index (χ3v) is 4.02. The van der Waals surface area contributed by atoms with Crippen molar-refractivity contribution in [1.29, 1.82) is 0 Å². The van der Waals surface area contributed by atoms with Gasteiger partial charge in [-0.3, -0.25) is 0 Å². The fraction of sp³-hybridized carbons (Fsp3) is 0.455. The molecule has 0 bridgehead atoms. The standard InChI is InChI=1S/C11H14ClNOS/c1-14-10-3-2-8(12)11-7(10)6-15-5-4-9(11)13/h2-3,9H,4-6,13H2,1H3/t9-/m1/s1. The minimum absolute atomic E-state index is 0.0394. The van der Waals surface area contributed by atoms with Gasteiger partial charge in [0.15, 0.2) is 0 Å². The van der Waals surface area contributed by atoms with Crippen LogP contribution in [0.15, 0.2) is 12.1 Å². The first-order valence-corrected chi connectivity index (χ1v) is 6.46. The molecule has 1 aliphatic heterocycles. The van der Waals surface area contributed by atoms with Crippen LogP contribution in [-0.2, 0) is 5.75 Å². The highest BCUT2D eigenvalue weighted by molar-refractivity contribution is 7.98. The Bertz CT molecular complexity index is 370. The molecule has 1 aromatic rings. The number of benzene rings is 1. The quantitative estimate of drug-likeness (QED) is 0.824. The molecule has 1 aromatic carbocycles. The first-order chi connectivity index (χ1) is 7.24. The first kappa shape index (κ1) is 11.1. The van der Waals surface area contributed by atoms with Crippen LogP contribution in [0.2, 0.25) is 5.02 Å². The molecular formula is C11H14ClNOS. The molecule has 2 nitrogen and oxygen atoms in total. The van der Waals surface area contributed by atoms with E-state index in [1.165, 1.54) is 5.56 Å². The second-order valence-electron chi connectivity index (χ2n) is 3.59. The van der Waals surface area contributed by atoms with Gasteiger partial charge in [0.25, 0.3) is 0 Å². The molecule has 0 radical (unpaired) electrons. The molecule has 0 saturated heterocycles. The molecule has 0 saturated carbocycles. The summed E-state index contributed by atoms with van der Waals surface area (Å²) in [6.07, 6.45) is 0.977. The van der Waals surface area contributed by atoms with Crippen LogP contribution in [0.1, 0.15) is 23.6 Å². The van der Waals surface area contributed by atoms with Crippen LogP contribution in [0.25, 0.3) is 0 Å². The van der Waals surface area contributed by atoms with E-state index in [1.54, 1.807) is 7.11 Å². The number of thioether (sulfide) groups is 1. The molecule has 1 aliphatic rings. The minimum atomic E-state index is 0.0394. The van der Waals surface area contributed by atoms with E-state index in [-0.39, 0.29) is 6.04 Å². The van der Waals surface area contributed by atoms with E-state index in [0.717, 1.165) is 34.3 Å². The summed E-state index contributed by atoms with van der Waals surface area (Å²) >= 11 is 8.08. The maximum atomic E-state index is 6.19. The fourth-order valence-electron chi connectivity index (χ4n) is 1.89. The maximum absolute atomic E-state index is 6.19. The van der Waals surface area contributed by atoms with Crippen molar-refractivity contribution in [2.24, 2.45) is 5.73 Å². The van der Waals surface area contributed by atoms with Gasteiger partial charge in [-0.15, -0.1) is 0 Å². The highest BCUT2D eigenvalue weighted by Crippen LogP contribution is 2.38. The summed E-state index contributed by atoms with van der Waals surface area (Å²) in [4.78, 5) is 0. The Morgan fingerprint density at radius 2 is 2.33 bits per heavy atom. The average Bonchev–Trinajstić information content (AvgIpc) is 2.42. The van der Waals surface area contributed by atoms with Gasteiger partial charge in [-0.25, -0.2) is 0 Å². The number of rotatable bonds is 1. The molecule has 2 rings (SSSR count). The number of methoxy groups -OCH3 is 1. The minimum Gasteiger partial charge on any atom is -0.496 e. The van der Waals surface area contributed by atoms with Gasteiger partial charge in [-0.2, -0.15) is 11.8 Å². The van der Waals surface area contributed by atoms with Gasteiger partial charge in [0.05, 0.1) is 7.11 Å². The summed E-state index contributed by atoms with van der Waals surface area (Å²) in [5.74, 6) is 2.92. The number of hydrogen-bond acceptors (Lipinski definition) is 3. The smallest absolute Gasteiger partial charge is 0.123 e. The van der Waals surface area contributed by atoms with Crippen LogP contribution < -0.4 is 10.5 Å². The van der Waals surface area contributed by atoms with E-state index in [9.17, 15) is 0 Å². The number of halogens is 1. The monoisotopic (exact) mass is 243 g/mol. The Labute approximate surface area is 99.1 Å². The van der Waals surface area contributed by atoms with Gasteiger partial charge in [-0.1, -0.05) is 11.6 Å². The molecule has 1 heterocycles. The summed E-state index contributed by atoms with van der Waals surface area (Å²) in [7, 11) is 1.69. The summed E-state index contributed by atoms with van der Waals surface area (Å²) in [6, 6.07) is 3.83. The lowest BCUT2D eigenvalue weighted by Gasteiger charge is -2.16. The van der Waals surface area contributed by atoms with E-state index >= 15 is 0 Å². The van der Waals surface area contributed by atoms with Gasteiger partial charge in [0.2, 0.25) is 0 Å². The van der Waals surface area contributed by atoms with Gasteiger partial charge >= 0.3 is 0 Å². The third kappa shape index (κ3) is 2.10. The van der Waals surface area contributed by atoms with Crippen molar-refractivity contribution < 1.29 is 4.74 Å². The van der Waals surface area contributed by atoms with Crippen LogP contribution in [0, 0.1) is 0 Å². The molecule has 2 N–H and O–H groups in total. The highest BCUT2D eigenvalue weighted by Gasteiger charge is 2.21. The number of nitrogens with two attached hydrogens (primary N) is 1. The Morgan fingerprint density at radius 1 is 1.53 bits per heavy atom. The van der Waals surface area contributed by atoms with Crippen molar-refractivity contribution in [2.75, 3.05) is 12.9 Å². The zero-order chi connectivity index (χ0) is 10.8. The SMILES string of the molecule is COc1ccc(Cl)c2c1CSCC[C@H]2N. The van der Waals surface area contributed by atoms with Crippen LogP contribution in [0.3, 0.4) is 0 Å². The Balaban J connectivity index is 2.55. The van der Waals surface area contributed by atoms with Gasteiger partial charge in [0, 0.05) is 22.4 Å². The first-order valence-electron chi connectivity index (χ1n) is 4.92. The zero-order valence-electron chi connectivity index (χ0n) is 8.63. The molecule has 0 aromatic heterocycles. The van der Waals surface area contributed by atoms with Crippen molar-refractivity contribution >= 4 is 23.4 Å². The second-order valence-corrected chi connectivity index (χ2v) is 5.10. The molecule has 0 fully saturated rings. The molecule has 0 spiro atoms. The van der Waals surface area contributed by atoms with Crippen molar-refractivity contribution in [1.82, 2.24) is 0 Å². The summed E-state index contributed by atoms with van der Waals surface area (Å²) < 4.78 is 5.34. The van der Waals surface area contributed by atoms with E-state index < -0.39 is 0 Å². The van der Waals surface area contributed by atoms with Crippen LogP contribution >= 0.6 is 23.4 Å². The fourth-order valence-corrected chi connectivity index (χ4v) is 3.27. The molecule has 4 heteroatoms. The van der Waals surface area contributed by atoms with Gasteiger partial charge in [-0.05, 0) is 29.9 Å². The molecule has 0 aliphatic carbocycles. The Morgan fingerprint density at radius 3 is 3.07 bits per heavy atom. The lowest BCUT2D eigenvalue weighted by molar-refractivity contribution is 0.410. The Kier molecular flexibility index (Phi) is 3.44. The van der Waals surface area contributed by atoms with E-state index in [2.05, 4.69) is 0 Å². The van der Waals surface area contributed by atoms with E-state index in [0.29, 0.717) is 0 Å². The molecule has 82 valence electrons. The predicted octanol–water partition coefficient (Wildman–Crippen LogP) is 2.99. The molecule has 0 unspecified atom stereocenters. The summed E-state index contributed by atoms with van der Waals surface area (Å²) in [5.41, 5.74) is 8.35. The summed E-state index contributed by atoms with van der Waals surface area (Å²) in [6.45, 7) is 0. The lowest BCUT2D eigenvalue weighted by Crippen LogP contribution is -2.12. The maximum Gasteiger partial charge on any atom is 0.123 e. The van der Waals surface area contributed by atoms with E-state index in [1.807, 2.05) is 23.9 Å². The predicted molar refractivity (Wildman–Crippen MR) is 65.7 cm³/mol. The van der Waals surface area contributed by atoms with Crippen molar-refractivity contribution in [2.45, 2.75) is 18.2 Å². The third-order valence-electron chi connectivity index (χ3n) is 2.67.